The van der Waals surface area contributed by atoms with Crippen molar-refractivity contribution in [3.8, 4) is 0 Å². The number of nitrogens with one attached hydrogen (secondary N) is 2. The third kappa shape index (κ3) is 6.14. The van der Waals surface area contributed by atoms with Crippen LogP contribution in [0.25, 0.3) is 0 Å². The van der Waals surface area contributed by atoms with E-state index in [0.29, 0.717) is 37.4 Å². The number of sulfonamides is 1. The molecule has 0 radical (unpaired) electrons. The zero-order chi connectivity index (χ0) is 15.7. The van der Waals surface area contributed by atoms with E-state index in [2.05, 4.69) is 10.0 Å². The Bertz CT molecular complexity index is 558. The molecule has 0 aliphatic rings. The first-order valence-corrected chi connectivity index (χ1v) is 8.60. The number of carbonyl (C=O) groups excluding carboxylic acids is 1. The van der Waals surface area contributed by atoms with E-state index < -0.39 is 10.0 Å². The lowest BCUT2D eigenvalue weighted by atomic mass is 10.1. The highest BCUT2D eigenvalue weighted by Gasteiger charge is 2.14. The molecule has 1 amide bonds. The molecule has 0 aliphatic heterocycles. The second-order valence-corrected chi connectivity index (χ2v) is 6.37. The maximum atomic E-state index is 12.1. The summed E-state index contributed by atoms with van der Waals surface area (Å²) in [5, 5.41) is 2.75. The molecule has 2 N–H and O–H groups in total. The average Bonchev–Trinajstić information content (AvgIpc) is 2.47. The van der Waals surface area contributed by atoms with E-state index in [1.807, 2.05) is 6.92 Å². The molecule has 0 bridgehead atoms. The minimum atomic E-state index is -3.41. The molecular weight excluding hydrogens is 292 g/mol. The van der Waals surface area contributed by atoms with Crippen LogP contribution in [-0.4, -0.2) is 39.8 Å². The van der Waals surface area contributed by atoms with Gasteiger partial charge in [-0.1, -0.05) is 12.1 Å². The van der Waals surface area contributed by atoms with Crippen LogP contribution in [-0.2, 0) is 14.8 Å². The second kappa shape index (κ2) is 8.63. The van der Waals surface area contributed by atoms with Gasteiger partial charge in [-0.05, 0) is 32.4 Å². The maximum Gasteiger partial charge on any atom is 0.253 e. The van der Waals surface area contributed by atoms with E-state index in [9.17, 15) is 13.2 Å². The van der Waals surface area contributed by atoms with Gasteiger partial charge in [0.1, 0.15) is 0 Å². The van der Waals surface area contributed by atoms with Crippen LogP contribution >= 0.6 is 0 Å². The third-order valence-electron chi connectivity index (χ3n) is 2.77. The van der Waals surface area contributed by atoms with Gasteiger partial charge in [0.15, 0.2) is 0 Å². The molecule has 0 atom stereocenters. The molecule has 0 saturated carbocycles. The summed E-state index contributed by atoms with van der Waals surface area (Å²) in [6.07, 6.45) is 0.711. The zero-order valence-electron chi connectivity index (χ0n) is 12.4. The number of hydrogen-bond donors (Lipinski definition) is 2. The van der Waals surface area contributed by atoms with Gasteiger partial charge in [-0.2, -0.15) is 0 Å². The SMILES string of the molecule is CCOCCCNC(=O)c1ccccc1NS(=O)(=O)CC. The number of amides is 1. The van der Waals surface area contributed by atoms with Gasteiger partial charge in [-0.15, -0.1) is 0 Å². The topological polar surface area (TPSA) is 84.5 Å². The first kappa shape index (κ1) is 17.5. The van der Waals surface area contributed by atoms with Crippen molar-refractivity contribution in [3.63, 3.8) is 0 Å². The Morgan fingerprint density at radius 2 is 1.95 bits per heavy atom. The van der Waals surface area contributed by atoms with Gasteiger partial charge in [0.2, 0.25) is 10.0 Å². The lowest BCUT2D eigenvalue weighted by molar-refractivity contribution is 0.0945. The largest absolute Gasteiger partial charge is 0.382 e. The highest BCUT2D eigenvalue weighted by molar-refractivity contribution is 7.92. The molecular formula is C14H22N2O4S. The summed E-state index contributed by atoms with van der Waals surface area (Å²) >= 11 is 0. The fourth-order valence-electron chi connectivity index (χ4n) is 1.63. The minimum Gasteiger partial charge on any atom is -0.382 e. The van der Waals surface area contributed by atoms with E-state index >= 15 is 0 Å². The fourth-order valence-corrected chi connectivity index (χ4v) is 2.28. The lowest BCUT2D eigenvalue weighted by Gasteiger charge is -2.12. The Kier molecular flexibility index (Phi) is 7.18. The Labute approximate surface area is 125 Å². The molecule has 0 saturated heterocycles. The summed E-state index contributed by atoms with van der Waals surface area (Å²) in [5.41, 5.74) is 0.604. The first-order valence-electron chi connectivity index (χ1n) is 6.95. The van der Waals surface area contributed by atoms with Crippen molar-refractivity contribution in [3.05, 3.63) is 29.8 Å². The summed E-state index contributed by atoms with van der Waals surface area (Å²) in [4.78, 5) is 12.1. The summed E-state index contributed by atoms with van der Waals surface area (Å²) in [6, 6.07) is 6.53. The number of hydrogen-bond acceptors (Lipinski definition) is 4. The van der Waals surface area contributed by atoms with Gasteiger partial charge >= 0.3 is 0 Å². The predicted molar refractivity (Wildman–Crippen MR) is 83.0 cm³/mol. The number of anilines is 1. The average molecular weight is 314 g/mol. The lowest BCUT2D eigenvalue weighted by Crippen LogP contribution is -2.27. The minimum absolute atomic E-state index is 0.0443. The summed E-state index contributed by atoms with van der Waals surface area (Å²) in [5.74, 6) is -0.349. The van der Waals surface area contributed by atoms with Crippen molar-refractivity contribution in [2.75, 3.05) is 30.2 Å². The van der Waals surface area contributed by atoms with Crippen molar-refractivity contribution in [2.24, 2.45) is 0 Å². The van der Waals surface area contributed by atoms with Crippen molar-refractivity contribution >= 4 is 21.6 Å². The highest BCUT2D eigenvalue weighted by atomic mass is 32.2. The normalized spacial score (nSPS) is 11.1. The Balaban J connectivity index is 2.67. The fraction of sp³-hybridized carbons (Fsp3) is 0.500. The molecule has 118 valence electrons. The van der Waals surface area contributed by atoms with Gasteiger partial charge in [-0.3, -0.25) is 9.52 Å². The molecule has 1 rings (SSSR count). The highest BCUT2D eigenvalue weighted by Crippen LogP contribution is 2.16. The van der Waals surface area contributed by atoms with E-state index in [-0.39, 0.29) is 11.7 Å². The number of carbonyl (C=O) groups is 1. The monoisotopic (exact) mass is 314 g/mol. The molecule has 7 heteroatoms. The molecule has 1 aromatic carbocycles. The summed E-state index contributed by atoms with van der Waals surface area (Å²) < 4.78 is 30.8. The molecule has 0 aliphatic carbocycles. The van der Waals surface area contributed by atoms with E-state index in [1.54, 1.807) is 31.2 Å². The molecule has 21 heavy (non-hydrogen) atoms. The smallest absolute Gasteiger partial charge is 0.253 e. The predicted octanol–water partition coefficient (Wildman–Crippen LogP) is 1.60. The standard InChI is InChI=1S/C14H22N2O4S/c1-3-20-11-7-10-15-14(17)12-8-5-6-9-13(12)16-21(18,19)4-2/h5-6,8-9,16H,3-4,7,10-11H2,1-2H3,(H,15,17). The van der Waals surface area contributed by atoms with E-state index in [4.69, 9.17) is 4.74 Å². The number of ether oxygens (including phenoxy) is 1. The molecule has 0 fully saturated rings. The number of benzene rings is 1. The van der Waals surface area contributed by atoms with Crippen LogP contribution in [0.2, 0.25) is 0 Å². The van der Waals surface area contributed by atoms with Crippen molar-refractivity contribution in [1.29, 1.82) is 0 Å². The van der Waals surface area contributed by atoms with Crippen molar-refractivity contribution in [1.82, 2.24) is 5.32 Å². The van der Waals surface area contributed by atoms with Crippen LogP contribution in [0.15, 0.2) is 24.3 Å². The van der Waals surface area contributed by atoms with Gasteiger partial charge in [0.25, 0.3) is 5.91 Å². The molecule has 6 nitrogen and oxygen atoms in total. The quantitative estimate of drug-likeness (QED) is 0.678. The Morgan fingerprint density at radius 3 is 2.62 bits per heavy atom. The van der Waals surface area contributed by atoms with Gasteiger partial charge in [-0.25, -0.2) is 8.42 Å². The van der Waals surface area contributed by atoms with Gasteiger partial charge in [0, 0.05) is 19.8 Å². The molecule has 1 aromatic rings. The molecule has 0 unspecified atom stereocenters. The Morgan fingerprint density at radius 1 is 1.24 bits per heavy atom. The summed E-state index contributed by atoms with van der Waals surface area (Å²) in [6.45, 7) is 5.16. The maximum absolute atomic E-state index is 12.1. The van der Waals surface area contributed by atoms with Crippen LogP contribution in [0, 0.1) is 0 Å². The van der Waals surface area contributed by atoms with Crippen LogP contribution < -0.4 is 10.0 Å². The third-order valence-corrected chi connectivity index (χ3v) is 4.06. The summed E-state index contributed by atoms with van der Waals surface area (Å²) in [7, 11) is -3.41. The van der Waals surface area contributed by atoms with Crippen LogP contribution in [0.4, 0.5) is 5.69 Å². The number of rotatable bonds is 9. The number of para-hydroxylation sites is 1. The van der Waals surface area contributed by atoms with E-state index in [1.165, 1.54) is 0 Å². The van der Waals surface area contributed by atoms with Crippen molar-refractivity contribution in [2.45, 2.75) is 20.3 Å². The first-order chi connectivity index (χ1) is 10.00. The van der Waals surface area contributed by atoms with Crippen LogP contribution in [0.3, 0.4) is 0 Å². The zero-order valence-corrected chi connectivity index (χ0v) is 13.2. The second-order valence-electron chi connectivity index (χ2n) is 4.36. The van der Waals surface area contributed by atoms with Crippen molar-refractivity contribution < 1.29 is 17.9 Å². The molecule has 0 spiro atoms. The van der Waals surface area contributed by atoms with Crippen LogP contribution in [0.1, 0.15) is 30.6 Å². The Hall–Kier alpha value is -1.60. The van der Waals surface area contributed by atoms with Gasteiger partial charge in [0.05, 0.1) is 17.0 Å². The molecule has 0 aromatic heterocycles. The van der Waals surface area contributed by atoms with E-state index in [0.717, 1.165) is 0 Å². The molecule has 0 heterocycles. The van der Waals surface area contributed by atoms with Crippen LogP contribution in [0.5, 0.6) is 0 Å². The van der Waals surface area contributed by atoms with Gasteiger partial charge < -0.3 is 10.1 Å².